The maximum Gasteiger partial charge on any atom is 0.129 e. The molecule has 0 spiro atoms. The van der Waals surface area contributed by atoms with Crippen molar-refractivity contribution in [2.45, 2.75) is 26.6 Å². The minimum Gasteiger partial charge on any atom is -0.365 e. The van der Waals surface area contributed by atoms with Gasteiger partial charge in [-0.25, -0.2) is 0 Å². The number of rotatable bonds is 3. The summed E-state index contributed by atoms with van der Waals surface area (Å²) in [7, 11) is -1.18. The normalized spacial score (nSPS) is 11.3. The molecule has 0 aromatic carbocycles. The van der Waals surface area contributed by atoms with Gasteiger partial charge >= 0.3 is 0 Å². The third kappa shape index (κ3) is 9.48. The fraction of sp³-hybridized carbons (Fsp3) is 0.600. The number of hydrogen-bond donors (Lipinski definition) is 0. The average Bonchev–Trinajstić information content (AvgIpc) is 1.94. The number of ether oxygens (including phenoxy) is 1. The van der Waals surface area contributed by atoms with Gasteiger partial charge in [0.05, 0.1) is 6.61 Å². The second kappa shape index (κ2) is 6.04. The second-order valence-electron chi connectivity index (χ2n) is 3.64. The van der Waals surface area contributed by atoms with Crippen molar-refractivity contribution < 1.29 is 4.74 Å². The van der Waals surface area contributed by atoms with Crippen LogP contribution in [0.2, 0.25) is 19.6 Å². The molecule has 0 radical (unpaired) electrons. The van der Waals surface area contributed by atoms with Crippen LogP contribution in [0.15, 0.2) is 12.2 Å². The molecule has 0 aliphatic heterocycles. The molecule has 0 saturated carbocycles. The summed E-state index contributed by atoms with van der Waals surface area (Å²) in [6.07, 6.45) is 3.96. The van der Waals surface area contributed by atoms with Gasteiger partial charge in [-0.1, -0.05) is 37.7 Å². The molecule has 0 N–H and O–H groups in total. The van der Waals surface area contributed by atoms with Crippen molar-refractivity contribution >= 4 is 8.07 Å². The first-order valence-corrected chi connectivity index (χ1v) is 7.75. The van der Waals surface area contributed by atoms with Gasteiger partial charge in [0.15, 0.2) is 0 Å². The topological polar surface area (TPSA) is 9.23 Å². The van der Waals surface area contributed by atoms with E-state index in [1.54, 1.807) is 0 Å². The standard InChI is InChI=1S/C10H18OSi/c1-5-6-8-11-9-7-10-12(2,3)4/h5-6H,8-9H2,1-4H3/b6-5+. The molecule has 0 aliphatic carbocycles. The zero-order valence-electron chi connectivity index (χ0n) is 8.48. The molecule has 0 heterocycles. The van der Waals surface area contributed by atoms with Crippen LogP contribution in [-0.2, 0) is 4.74 Å². The van der Waals surface area contributed by atoms with Gasteiger partial charge in [-0.15, -0.1) is 5.54 Å². The smallest absolute Gasteiger partial charge is 0.129 e. The van der Waals surface area contributed by atoms with E-state index < -0.39 is 8.07 Å². The maximum atomic E-state index is 5.23. The van der Waals surface area contributed by atoms with Crippen LogP contribution in [0.25, 0.3) is 0 Å². The molecule has 0 bridgehead atoms. The molecule has 0 unspecified atom stereocenters. The SMILES string of the molecule is C/C=C/COCC#C[Si](C)(C)C. The zero-order chi connectivity index (χ0) is 9.45. The van der Waals surface area contributed by atoms with Gasteiger partial charge in [0.2, 0.25) is 0 Å². The molecule has 0 aromatic rings. The number of allylic oxidation sites excluding steroid dienone is 1. The lowest BCUT2D eigenvalue weighted by molar-refractivity contribution is 0.199. The van der Waals surface area contributed by atoms with E-state index in [2.05, 4.69) is 31.1 Å². The maximum absolute atomic E-state index is 5.23. The minimum absolute atomic E-state index is 0.564. The van der Waals surface area contributed by atoms with Gasteiger partial charge in [-0.05, 0) is 6.92 Å². The summed E-state index contributed by atoms with van der Waals surface area (Å²) in [5.74, 6) is 3.04. The summed E-state index contributed by atoms with van der Waals surface area (Å²) in [6.45, 7) is 9.91. The lowest BCUT2D eigenvalue weighted by Gasteiger charge is -2.03. The third-order valence-corrected chi connectivity index (χ3v) is 2.01. The molecule has 0 atom stereocenters. The highest BCUT2D eigenvalue weighted by Gasteiger charge is 2.06. The molecule has 0 aromatic heterocycles. The predicted molar refractivity (Wildman–Crippen MR) is 56.8 cm³/mol. The minimum atomic E-state index is -1.18. The van der Waals surface area contributed by atoms with E-state index in [-0.39, 0.29) is 0 Å². The Balaban J connectivity index is 3.47. The highest BCUT2D eigenvalue weighted by molar-refractivity contribution is 6.83. The van der Waals surface area contributed by atoms with Crippen LogP contribution < -0.4 is 0 Å². The molecule has 0 fully saturated rings. The largest absolute Gasteiger partial charge is 0.365 e. The van der Waals surface area contributed by atoms with Gasteiger partial charge in [0, 0.05) is 0 Å². The Hall–Kier alpha value is -0.523. The third-order valence-electron chi connectivity index (χ3n) is 1.09. The van der Waals surface area contributed by atoms with Gasteiger partial charge < -0.3 is 4.74 Å². The van der Waals surface area contributed by atoms with E-state index in [1.807, 2.05) is 19.1 Å². The second-order valence-corrected chi connectivity index (χ2v) is 8.39. The monoisotopic (exact) mass is 182 g/mol. The fourth-order valence-electron chi connectivity index (χ4n) is 0.575. The van der Waals surface area contributed by atoms with Crippen LogP contribution in [0, 0.1) is 11.5 Å². The van der Waals surface area contributed by atoms with Crippen LogP contribution in [0.4, 0.5) is 0 Å². The van der Waals surface area contributed by atoms with Crippen molar-refractivity contribution in [2.24, 2.45) is 0 Å². The van der Waals surface area contributed by atoms with Gasteiger partial charge in [0.1, 0.15) is 14.7 Å². The highest BCUT2D eigenvalue weighted by Crippen LogP contribution is 1.95. The molecule has 0 amide bonds. The van der Waals surface area contributed by atoms with Crippen LogP contribution in [0.5, 0.6) is 0 Å². The predicted octanol–water partition coefficient (Wildman–Crippen LogP) is 2.46. The Morgan fingerprint density at radius 1 is 1.33 bits per heavy atom. The van der Waals surface area contributed by atoms with Crippen LogP contribution in [-0.4, -0.2) is 21.3 Å². The first-order chi connectivity index (χ1) is 5.56. The summed E-state index contributed by atoms with van der Waals surface area (Å²) in [5, 5.41) is 0. The summed E-state index contributed by atoms with van der Waals surface area (Å²) in [6, 6.07) is 0. The molecule has 0 aliphatic rings. The van der Waals surface area contributed by atoms with Crippen molar-refractivity contribution in [1.29, 1.82) is 0 Å². The summed E-state index contributed by atoms with van der Waals surface area (Å²) < 4.78 is 5.23. The van der Waals surface area contributed by atoms with Crippen LogP contribution in [0.3, 0.4) is 0 Å². The molecule has 12 heavy (non-hydrogen) atoms. The first-order valence-electron chi connectivity index (χ1n) is 4.25. The van der Waals surface area contributed by atoms with Crippen molar-refractivity contribution in [1.82, 2.24) is 0 Å². The van der Waals surface area contributed by atoms with Crippen molar-refractivity contribution in [3.8, 4) is 11.5 Å². The van der Waals surface area contributed by atoms with E-state index in [9.17, 15) is 0 Å². The zero-order valence-corrected chi connectivity index (χ0v) is 9.48. The van der Waals surface area contributed by atoms with E-state index in [0.717, 1.165) is 0 Å². The average molecular weight is 182 g/mol. The van der Waals surface area contributed by atoms with E-state index >= 15 is 0 Å². The molecular formula is C10H18OSi. The molecule has 0 rings (SSSR count). The van der Waals surface area contributed by atoms with E-state index in [4.69, 9.17) is 4.74 Å². The quantitative estimate of drug-likeness (QED) is 0.282. The first kappa shape index (κ1) is 11.5. The summed E-state index contributed by atoms with van der Waals surface area (Å²) in [4.78, 5) is 0. The fourth-order valence-corrected chi connectivity index (χ4v) is 1.18. The Morgan fingerprint density at radius 3 is 2.50 bits per heavy atom. The Kier molecular flexibility index (Phi) is 5.78. The Bertz CT molecular complexity index is 190. The lowest BCUT2D eigenvalue weighted by atomic mass is 10.5. The van der Waals surface area contributed by atoms with Crippen molar-refractivity contribution in [3.63, 3.8) is 0 Å². The molecule has 68 valence electrons. The summed E-state index contributed by atoms with van der Waals surface area (Å²) in [5.41, 5.74) is 3.24. The van der Waals surface area contributed by atoms with E-state index in [0.29, 0.717) is 13.2 Å². The molecular weight excluding hydrogens is 164 g/mol. The molecule has 1 nitrogen and oxygen atoms in total. The Labute approximate surface area is 76.8 Å². The van der Waals surface area contributed by atoms with Crippen molar-refractivity contribution in [3.05, 3.63) is 12.2 Å². The number of hydrogen-bond acceptors (Lipinski definition) is 1. The van der Waals surface area contributed by atoms with Crippen LogP contribution >= 0.6 is 0 Å². The Morgan fingerprint density at radius 2 is 2.00 bits per heavy atom. The molecule has 0 saturated heterocycles. The summed E-state index contributed by atoms with van der Waals surface area (Å²) >= 11 is 0. The highest BCUT2D eigenvalue weighted by atomic mass is 28.3. The van der Waals surface area contributed by atoms with Crippen LogP contribution in [0.1, 0.15) is 6.92 Å². The lowest BCUT2D eigenvalue weighted by Crippen LogP contribution is -2.16. The van der Waals surface area contributed by atoms with Gasteiger partial charge in [-0.3, -0.25) is 0 Å². The van der Waals surface area contributed by atoms with Crippen molar-refractivity contribution in [2.75, 3.05) is 13.2 Å². The molecule has 2 heteroatoms. The van der Waals surface area contributed by atoms with E-state index in [1.165, 1.54) is 0 Å². The van der Waals surface area contributed by atoms with Gasteiger partial charge in [0.25, 0.3) is 0 Å². The van der Waals surface area contributed by atoms with Gasteiger partial charge in [-0.2, -0.15) is 0 Å².